The van der Waals surface area contributed by atoms with Gasteiger partial charge in [0.15, 0.2) is 0 Å². The zero-order chi connectivity index (χ0) is 9.56. The van der Waals surface area contributed by atoms with Crippen molar-refractivity contribution >= 4 is 11.4 Å². The highest BCUT2D eigenvalue weighted by Crippen LogP contribution is 1.96. The first-order chi connectivity index (χ1) is 5.56. The second kappa shape index (κ2) is 5.40. The van der Waals surface area contributed by atoms with Gasteiger partial charge in [0.1, 0.15) is 0 Å². The highest BCUT2D eigenvalue weighted by molar-refractivity contribution is 5.89. The molecule has 2 N–H and O–H groups in total. The summed E-state index contributed by atoms with van der Waals surface area (Å²) in [6.45, 7) is 1.47. The standard InChI is InChI=1S/C7H13N3O2/c1-2-6(8)3-4-7(9)5-10(11)12/h8-9H,2-5H2,1H3. The summed E-state index contributed by atoms with van der Waals surface area (Å²) in [5.41, 5.74) is 0.640. The molecule has 0 saturated heterocycles. The van der Waals surface area contributed by atoms with Gasteiger partial charge in [-0.25, -0.2) is 0 Å². The van der Waals surface area contributed by atoms with E-state index in [4.69, 9.17) is 10.8 Å². The van der Waals surface area contributed by atoms with Crippen molar-refractivity contribution in [2.45, 2.75) is 26.2 Å². The van der Waals surface area contributed by atoms with Crippen LogP contribution in [0.1, 0.15) is 26.2 Å². The van der Waals surface area contributed by atoms with Crippen LogP contribution < -0.4 is 0 Å². The minimum Gasteiger partial charge on any atom is -0.310 e. The maximum atomic E-state index is 9.93. The predicted octanol–water partition coefficient (Wildman–Crippen LogP) is 1.49. The van der Waals surface area contributed by atoms with E-state index >= 15 is 0 Å². The summed E-state index contributed by atoms with van der Waals surface area (Å²) in [6, 6.07) is 0. The average Bonchev–Trinajstić information content (AvgIpc) is 1.99. The third kappa shape index (κ3) is 5.52. The summed E-state index contributed by atoms with van der Waals surface area (Å²) in [5.74, 6) is 0. The lowest BCUT2D eigenvalue weighted by Gasteiger charge is -1.99. The van der Waals surface area contributed by atoms with E-state index in [0.29, 0.717) is 25.0 Å². The summed E-state index contributed by atoms with van der Waals surface area (Å²) < 4.78 is 0. The third-order valence-corrected chi connectivity index (χ3v) is 1.48. The molecule has 0 atom stereocenters. The molecule has 0 aromatic carbocycles. The molecule has 0 spiro atoms. The molecule has 0 bridgehead atoms. The lowest BCUT2D eigenvalue weighted by molar-refractivity contribution is -0.463. The molecule has 0 aromatic heterocycles. The molecule has 0 heterocycles. The Hall–Kier alpha value is -1.26. The van der Waals surface area contributed by atoms with Crippen LogP contribution in [-0.4, -0.2) is 22.9 Å². The van der Waals surface area contributed by atoms with E-state index in [2.05, 4.69) is 0 Å². The Morgan fingerprint density at radius 2 is 1.83 bits per heavy atom. The number of nitrogens with zero attached hydrogens (tertiary/aromatic N) is 1. The van der Waals surface area contributed by atoms with E-state index in [1.165, 1.54) is 0 Å². The van der Waals surface area contributed by atoms with Crippen molar-refractivity contribution < 1.29 is 4.92 Å². The van der Waals surface area contributed by atoms with E-state index in [0.717, 1.165) is 0 Å². The van der Waals surface area contributed by atoms with Gasteiger partial charge in [-0.15, -0.1) is 0 Å². The minimum absolute atomic E-state index is 0.0956. The van der Waals surface area contributed by atoms with Gasteiger partial charge in [-0.2, -0.15) is 0 Å². The second-order valence-corrected chi connectivity index (χ2v) is 2.55. The molecule has 0 aliphatic carbocycles. The molecular weight excluding hydrogens is 158 g/mol. The monoisotopic (exact) mass is 171 g/mol. The highest BCUT2D eigenvalue weighted by Gasteiger charge is 2.05. The predicted molar refractivity (Wildman–Crippen MR) is 46.8 cm³/mol. The molecule has 0 aliphatic heterocycles. The van der Waals surface area contributed by atoms with Gasteiger partial charge >= 0.3 is 0 Å². The maximum absolute atomic E-state index is 9.93. The van der Waals surface area contributed by atoms with Crippen molar-refractivity contribution in [2.24, 2.45) is 0 Å². The number of hydrogen-bond donors (Lipinski definition) is 2. The van der Waals surface area contributed by atoms with Crippen LogP contribution in [0.5, 0.6) is 0 Å². The van der Waals surface area contributed by atoms with Crippen LogP contribution in [0.2, 0.25) is 0 Å². The van der Waals surface area contributed by atoms with Gasteiger partial charge in [0.05, 0.1) is 5.71 Å². The zero-order valence-corrected chi connectivity index (χ0v) is 7.09. The van der Waals surface area contributed by atoms with Crippen molar-refractivity contribution in [2.75, 3.05) is 6.54 Å². The fourth-order valence-electron chi connectivity index (χ4n) is 0.713. The van der Waals surface area contributed by atoms with Crippen LogP contribution in [0.3, 0.4) is 0 Å². The smallest absolute Gasteiger partial charge is 0.241 e. The summed E-state index contributed by atoms with van der Waals surface area (Å²) in [7, 11) is 0. The van der Waals surface area contributed by atoms with Crippen LogP contribution in [0.25, 0.3) is 0 Å². The van der Waals surface area contributed by atoms with E-state index in [1.807, 2.05) is 6.92 Å². The van der Waals surface area contributed by atoms with Crippen LogP contribution in [0, 0.1) is 20.9 Å². The number of hydrogen-bond acceptors (Lipinski definition) is 4. The molecule has 12 heavy (non-hydrogen) atoms. The zero-order valence-electron chi connectivity index (χ0n) is 7.09. The Kier molecular flexibility index (Phi) is 4.83. The molecule has 0 unspecified atom stereocenters. The van der Waals surface area contributed by atoms with Crippen molar-refractivity contribution in [3.05, 3.63) is 10.1 Å². The van der Waals surface area contributed by atoms with Gasteiger partial charge in [-0.05, 0) is 19.3 Å². The van der Waals surface area contributed by atoms with E-state index < -0.39 is 11.5 Å². The molecule has 0 radical (unpaired) electrons. The number of rotatable bonds is 6. The summed E-state index contributed by atoms with van der Waals surface area (Å²) in [5, 5.41) is 24.3. The van der Waals surface area contributed by atoms with E-state index in [1.54, 1.807) is 0 Å². The average molecular weight is 171 g/mol. The van der Waals surface area contributed by atoms with E-state index in [9.17, 15) is 10.1 Å². The van der Waals surface area contributed by atoms with Gasteiger partial charge in [0.2, 0.25) is 6.54 Å². The quantitative estimate of drug-likeness (QED) is 0.360. The first kappa shape index (κ1) is 10.7. The molecule has 0 aromatic rings. The van der Waals surface area contributed by atoms with Gasteiger partial charge < -0.3 is 10.8 Å². The normalized spacial score (nSPS) is 9.42. The summed E-state index contributed by atoms with van der Waals surface area (Å²) >= 11 is 0. The largest absolute Gasteiger partial charge is 0.310 e. The highest BCUT2D eigenvalue weighted by atomic mass is 16.6. The van der Waals surface area contributed by atoms with Crippen LogP contribution >= 0.6 is 0 Å². The van der Waals surface area contributed by atoms with Crippen molar-refractivity contribution in [3.63, 3.8) is 0 Å². The summed E-state index contributed by atoms with van der Waals surface area (Å²) in [4.78, 5) is 9.42. The SMILES string of the molecule is CCC(=N)CCC(=N)C[N+](=O)[O-]. The molecule has 0 rings (SSSR count). The molecule has 5 nitrogen and oxygen atoms in total. The fourth-order valence-corrected chi connectivity index (χ4v) is 0.713. The van der Waals surface area contributed by atoms with Crippen molar-refractivity contribution in [1.82, 2.24) is 0 Å². The first-order valence-electron chi connectivity index (χ1n) is 3.80. The van der Waals surface area contributed by atoms with Gasteiger partial charge in [-0.1, -0.05) is 6.92 Å². The Morgan fingerprint density at radius 1 is 1.33 bits per heavy atom. The Bertz CT molecular complexity index is 201. The number of nitro groups is 1. The van der Waals surface area contributed by atoms with Gasteiger partial charge in [0.25, 0.3) is 0 Å². The Morgan fingerprint density at radius 3 is 2.25 bits per heavy atom. The minimum atomic E-state index is -0.516. The van der Waals surface area contributed by atoms with Gasteiger partial charge in [-0.3, -0.25) is 10.1 Å². The molecule has 5 heteroatoms. The number of nitrogens with one attached hydrogen (secondary N) is 2. The van der Waals surface area contributed by atoms with Crippen molar-refractivity contribution in [3.8, 4) is 0 Å². The molecule has 0 fully saturated rings. The lowest BCUT2D eigenvalue weighted by atomic mass is 10.1. The van der Waals surface area contributed by atoms with Crippen LogP contribution in [0.15, 0.2) is 0 Å². The van der Waals surface area contributed by atoms with Crippen molar-refractivity contribution in [1.29, 1.82) is 10.8 Å². The lowest BCUT2D eigenvalue weighted by Crippen LogP contribution is -2.13. The maximum Gasteiger partial charge on any atom is 0.241 e. The van der Waals surface area contributed by atoms with Gasteiger partial charge in [0, 0.05) is 10.6 Å². The molecule has 0 amide bonds. The third-order valence-electron chi connectivity index (χ3n) is 1.48. The summed E-state index contributed by atoms with van der Waals surface area (Å²) in [6.07, 6.45) is 1.47. The molecular formula is C7H13N3O2. The molecule has 0 aliphatic rings. The Balaban J connectivity index is 3.57. The second-order valence-electron chi connectivity index (χ2n) is 2.55. The van der Waals surface area contributed by atoms with Crippen LogP contribution in [-0.2, 0) is 0 Å². The fraction of sp³-hybridized carbons (Fsp3) is 0.714. The molecule has 0 saturated carbocycles. The van der Waals surface area contributed by atoms with E-state index in [-0.39, 0.29) is 5.71 Å². The first-order valence-corrected chi connectivity index (χ1v) is 3.80. The van der Waals surface area contributed by atoms with Crippen LogP contribution in [0.4, 0.5) is 0 Å². The molecule has 68 valence electrons. The Labute approximate surface area is 71.0 Å². The topological polar surface area (TPSA) is 90.8 Å².